The summed E-state index contributed by atoms with van der Waals surface area (Å²) in [5, 5.41) is 11.9. The lowest BCUT2D eigenvalue weighted by molar-refractivity contribution is 0.104. The third-order valence-corrected chi connectivity index (χ3v) is 4.49. The van der Waals surface area contributed by atoms with Crippen molar-refractivity contribution in [3.05, 3.63) is 0 Å². The standard InChI is InChI=1S/C13H25N3O/c1-10-4-6-12(7-5-10)16-8-2-3-11(9-16)13(14)15-17/h10-12,17H,2-9H2,1H3,(H2,14,15). The molecule has 1 saturated heterocycles. The summed E-state index contributed by atoms with van der Waals surface area (Å²) in [6.07, 6.45) is 7.60. The van der Waals surface area contributed by atoms with Crippen molar-refractivity contribution in [3.8, 4) is 0 Å². The normalized spacial score (nSPS) is 37.0. The number of oxime groups is 1. The van der Waals surface area contributed by atoms with Crippen LogP contribution in [0.3, 0.4) is 0 Å². The quantitative estimate of drug-likeness (QED) is 0.335. The van der Waals surface area contributed by atoms with Crippen LogP contribution in [0.4, 0.5) is 0 Å². The molecule has 4 nitrogen and oxygen atoms in total. The van der Waals surface area contributed by atoms with Crippen molar-refractivity contribution < 1.29 is 5.21 Å². The maximum Gasteiger partial charge on any atom is 0.143 e. The third kappa shape index (κ3) is 3.12. The second-order valence-electron chi connectivity index (χ2n) is 5.77. The van der Waals surface area contributed by atoms with Crippen molar-refractivity contribution >= 4 is 5.84 Å². The molecule has 2 aliphatic rings. The van der Waals surface area contributed by atoms with Crippen LogP contribution >= 0.6 is 0 Å². The van der Waals surface area contributed by atoms with E-state index in [0.717, 1.165) is 24.9 Å². The van der Waals surface area contributed by atoms with Gasteiger partial charge in [-0.25, -0.2) is 0 Å². The summed E-state index contributed by atoms with van der Waals surface area (Å²) in [7, 11) is 0. The Morgan fingerprint density at radius 1 is 1.24 bits per heavy atom. The van der Waals surface area contributed by atoms with Crippen molar-refractivity contribution in [2.45, 2.75) is 51.5 Å². The van der Waals surface area contributed by atoms with Crippen LogP contribution in [-0.4, -0.2) is 35.1 Å². The summed E-state index contributed by atoms with van der Waals surface area (Å²) >= 11 is 0. The van der Waals surface area contributed by atoms with Gasteiger partial charge < -0.3 is 10.9 Å². The molecule has 4 heteroatoms. The molecule has 1 aliphatic heterocycles. The summed E-state index contributed by atoms with van der Waals surface area (Å²) in [6, 6.07) is 0.737. The Balaban J connectivity index is 1.89. The van der Waals surface area contributed by atoms with Gasteiger partial charge in [-0.15, -0.1) is 0 Å². The van der Waals surface area contributed by atoms with Gasteiger partial charge in [0, 0.05) is 18.5 Å². The maximum absolute atomic E-state index is 8.76. The van der Waals surface area contributed by atoms with E-state index in [1.54, 1.807) is 0 Å². The lowest BCUT2D eigenvalue weighted by Gasteiger charge is -2.40. The molecule has 98 valence electrons. The smallest absolute Gasteiger partial charge is 0.143 e. The van der Waals surface area contributed by atoms with Gasteiger partial charge in [0.2, 0.25) is 0 Å². The van der Waals surface area contributed by atoms with Crippen LogP contribution in [0.15, 0.2) is 5.16 Å². The van der Waals surface area contributed by atoms with Gasteiger partial charge in [0.05, 0.1) is 0 Å². The fourth-order valence-electron chi connectivity index (χ4n) is 3.27. The number of nitrogens with zero attached hydrogens (tertiary/aromatic N) is 2. The molecule has 17 heavy (non-hydrogen) atoms. The van der Waals surface area contributed by atoms with E-state index in [0.29, 0.717) is 5.84 Å². The zero-order valence-electron chi connectivity index (χ0n) is 10.8. The lowest BCUT2D eigenvalue weighted by atomic mass is 9.85. The van der Waals surface area contributed by atoms with Crippen molar-refractivity contribution in [2.24, 2.45) is 22.7 Å². The first-order chi connectivity index (χ1) is 8.20. The van der Waals surface area contributed by atoms with Crippen molar-refractivity contribution in [3.63, 3.8) is 0 Å². The van der Waals surface area contributed by atoms with E-state index in [1.165, 1.54) is 38.6 Å². The number of piperidine rings is 1. The molecule has 1 unspecified atom stereocenters. The van der Waals surface area contributed by atoms with Crippen LogP contribution in [-0.2, 0) is 0 Å². The molecule has 0 aromatic rings. The first kappa shape index (κ1) is 12.7. The van der Waals surface area contributed by atoms with Crippen LogP contribution < -0.4 is 5.73 Å². The Hall–Kier alpha value is -0.770. The molecule has 2 fully saturated rings. The summed E-state index contributed by atoms with van der Waals surface area (Å²) in [5.41, 5.74) is 5.73. The van der Waals surface area contributed by atoms with Gasteiger partial charge in [0.15, 0.2) is 0 Å². The molecular formula is C13H25N3O. The molecule has 0 aromatic carbocycles. The zero-order valence-corrected chi connectivity index (χ0v) is 10.8. The molecule has 3 N–H and O–H groups in total. The molecule has 1 heterocycles. The zero-order chi connectivity index (χ0) is 12.3. The SMILES string of the molecule is CC1CCC(N2CCCC(C(N)=NO)C2)CC1. The second-order valence-corrected chi connectivity index (χ2v) is 5.77. The number of rotatable bonds is 2. The molecule has 0 radical (unpaired) electrons. The largest absolute Gasteiger partial charge is 0.409 e. The minimum Gasteiger partial charge on any atom is -0.409 e. The summed E-state index contributed by atoms with van der Waals surface area (Å²) in [4.78, 5) is 2.57. The van der Waals surface area contributed by atoms with Crippen molar-refractivity contribution in [1.29, 1.82) is 0 Å². The minimum absolute atomic E-state index is 0.257. The molecule has 0 amide bonds. The number of amidine groups is 1. The molecule has 0 spiro atoms. The van der Waals surface area contributed by atoms with Crippen molar-refractivity contribution in [1.82, 2.24) is 4.90 Å². The van der Waals surface area contributed by atoms with Gasteiger partial charge in [-0.2, -0.15) is 0 Å². The lowest BCUT2D eigenvalue weighted by Crippen LogP contribution is -2.47. The Bertz CT molecular complexity index is 272. The Morgan fingerprint density at radius 3 is 2.59 bits per heavy atom. The molecule has 2 rings (SSSR count). The summed E-state index contributed by atoms with van der Waals surface area (Å²) in [6.45, 7) is 4.52. The Kier molecular flexibility index (Phi) is 4.26. The topological polar surface area (TPSA) is 61.8 Å². The van der Waals surface area contributed by atoms with Crippen LogP contribution in [0.25, 0.3) is 0 Å². The predicted octanol–water partition coefficient (Wildman–Crippen LogP) is 2.02. The van der Waals surface area contributed by atoms with E-state index in [4.69, 9.17) is 10.9 Å². The number of nitrogens with two attached hydrogens (primary N) is 1. The molecule has 1 aliphatic carbocycles. The molecular weight excluding hydrogens is 214 g/mol. The van der Waals surface area contributed by atoms with E-state index < -0.39 is 0 Å². The van der Waals surface area contributed by atoms with Crippen LogP contribution in [0.5, 0.6) is 0 Å². The van der Waals surface area contributed by atoms with Crippen LogP contribution in [0.1, 0.15) is 45.4 Å². The van der Waals surface area contributed by atoms with E-state index in [-0.39, 0.29) is 5.92 Å². The first-order valence-corrected chi connectivity index (χ1v) is 6.92. The number of hydrogen-bond acceptors (Lipinski definition) is 3. The monoisotopic (exact) mass is 239 g/mol. The van der Waals surface area contributed by atoms with Crippen LogP contribution in [0.2, 0.25) is 0 Å². The van der Waals surface area contributed by atoms with E-state index >= 15 is 0 Å². The number of hydrogen-bond donors (Lipinski definition) is 2. The highest BCUT2D eigenvalue weighted by Gasteiger charge is 2.29. The van der Waals surface area contributed by atoms with Gasteiger partial charge in [0.25, 0.3) is 0 Å². The van der Waals surface area contributed by atoms with E-state index in [9.17, 15) is 0 Å². The second kappa shape index (κ2) is 5.71. The highest BCUT2D eigenvalue weighted by atomic mass is 16.4. The first-order valence-electron chi connectivity index (χ1n) is 6.92. The van der Waals surface area contributed by atoms with E-state index in [1.807, 2.05) is 0 Å². The molecule has 1 atom stereocenters. The fourth-order valence-corrected chi connectivity index (χ4v) is 3.27. The van der Waals surface area contributed by atoms with Gasteiger partial charge >= 0.3 is 0 Å². The average Bonchev–Trinajstić information content (AvgIpc) is 2.39. The molecule has 0 aromatic heterocycles. The molecule has 1 saturated carbocycles. The van der Waals surface area contributed by atoms with Gasteiger partial charge in [-0.3, -0.25) is 4.90 Å². The average molecular weight is 239 g/mol. The Morgan fingerprint density at radius 2 is 1.94 bits per heavy atom. The maximum atomic E-state index is 8.76. The van der Waals surface area contributed by atoms with Gasteiger partial charge in [-0.05, 0) is 51.0 Å². The van der Waals surface area contributed by atoms with Gasteiger partial charge in [-0.1, -0.05) is 12.1 Å². The fraction of sp³-hybridized carbons (Fsp3) is 0.923. The van der Waals surface area contributed by atoms with Crippen LogP contribution in [0, 0.1) is 11.8 Å². The summed E-state index contributed by atoms with van der Waals surface area (Å²) < 4.78 is 0. The van der Waals surface area contributed by atoms with Gasteiger partial charge in [0.1, 0.15) is 5.84 Å². The summed E-state index contributed by atoms with van der Waals surface area (Å²) in [5.74, 6) is 1.57. The molecule has 0 bridgehead atoms. The third-order valence-electron chi connectivity index (χ3n) is 4.49. The minimum atomic E-state index is 0.257. The highest BCUT2D eigenvalue weighted by molar-refractivity contribution is 5.82. The highest BCUT2D eigenvalue weighted by Crippen LogP contribution is 2.29. The number of likely N-dealkylation sites (tertiary alicyclic amines) is 1. The van der Waals surface area contributed by atoms with Crippen molar-refractivity contribution in [2.75, 3.05) is 13.1 Å². The predicted molar refractivity (Wildman–Crippen MR) is 69.1 cm³/mol. The Labute approximate surface area is 104 Å². The van der Waals surface area contributed by atoms with E-state index in [2.05, 4.69) is 17.0 Å².